The summed E-state index contributed by atoms with van der Waals surface area (Å²) in [5.41, 5.74) is 1.86. The fourth-order valence-electron chi connectivity index (χ4n) is 1.98. The average Bonchev–Trinajstić information content (AvgIpc) is 2.47. The molecule has 116 valence electrons. The number of nitrogens with one attached hydrogen (secondary N) is 1. The smallest absolute Gasteiger partial charge is 0.259 e. The predicted octanol–water partition coefficient (Wildman–Crippen LogP) is 4.53. The van der Waals surface area contributed by atoms with Crippen LogP contribution in [0.4, 0.5) is 5.69 Å². The van der Waals surface area contributed by atoms with Crippen molar-refractivity contribution in [2.45, 2.75) is 13.0 Å². The number of aliphatic hydroxyl groups is 1. The summed E-state index contributed by atoms with van der Waals surface area (Å²) in [5.74, 6) is 0.199. The van der Waals surface area contributed by atoms with E-state index in [0.29, 0.717) is 21.5 Å². The van der Waals surface area contributed by atoms with Crippen LogP contribution in [-0.4, -0.2) is 18.1 Å². The Labute approximate surface area is 145 Å². The number of hydrogen-bond donors (Lipinski definition) is 2. The molecule has 2 N–H and O–H groups in total. The molecule has 1 atom stereocenters. The lowest BCUT2D eigenvalue weighted by atomic mass is 10.1. The largest absolute Gasteiger partial charge is 0.495 e. The summed E-state index contributed by atoms with van der Waals surface area (Å²) in [4.78, 5) is 12.4. The van der Waals surface area contributed by atoms with E-state index in [1.54, 1.807) is 37.3 Å². The van der Waals surface area contributed by atoms with E-state index in [0.717, 1.165) is 10.0 Å². The molecule has 0 bridgehead atoms. The molecule has 2 aromatic rings. The summed E-state index contributed by atoms with van der Waals surface area (Å²) in [6.07, 6.45) is -0.536. The highest BCUT2D eigenvalue weighted by atomic mass is 79.9. The molecule has 0 unspecified atom stereocenters. The van der Waals surface area contributed by atoms with Crippen molar-refractivity contribution < 1.29 is 14.6 Å². The summed E-state index contributed by atoms with van der Waals surface area (Å²) in [7, 11) is 1.52. The van der Waals surface area contributed by atoms with Gasteiger partial charge in [-0.25, -0.2) is 0 Å². The Balaban J connectivity index is 2.25. The predicted molar refractivity (Wildman–Crippen MR) is 93.4 cm³/mol. The second-order valence-corrected chi connectivity index (χ2v) is 6.49. The normalized spacial score (nSPS) is 11.9. The number of aliphatic hydroxyl groups excluding tert-OH is 1. The number of methoxy groups -OCH3 is 1. The van der Waals surface area contributed by atoms with Crippen LogP contribution >= 0.6 is 31.9 Å². The minimum Gasteiger partial charge on any atom is -0.495 e. The van der Waals surface area contributed by atoms with Crippen LogP contribution in [0.15, 0.2) is 45.3 Å². The first kappa shape index (κ1) is 17.0. The van der Waals surface area contributed by atoms with E-state index >= 15 is 0 Å². The molecule has 0 aliphatic carbocycles. The molecule has 6 heteroatoms. The van der Waals surface area contributed by atoms with E-state index in [-0.39, 0.29) is 5.91 Å². The zero-order valence-electron chi connectivity index (χ0n) is 12.1. The molecule has 0 aliphatic heterocycles. The van der Waals surface area contributed by atoms with Crippen molar-refractivity contribution in [1.29, 1.82) is 0 Å². The molecule has 22 heavy (non-hydrogen) atoms. The van der Waals surface area contributed by atoms with Crippen molar-refractivity contribution in [3.8, 4) is 5.75 Å². The van der Waals surface area contributed by atoms with Gasteiger partial charge in [0, 0.05) is 10.2 Å². The third-order valence-corrected chi connectivity index (χ3v) is 4.15. The third kappa shape index (κ3) is 3.88. The second-order valence-electron chi connectivity index (χ2n) is 4.72. The minimum absolute atomic E-state index is 0.274. The van der Waals surface area contributed by atoms with Crippen molar-refractivity contribution in [3.05, 3.63) is 56.5 Å². The number of anilines is 1. The number of carbonyl (C=O) groups is 1. The fourth-order valence-corrected chi connectivity index (χ4v) is 3.37. The van der Waals surface area contributed by atoms with Gasteiger partial charge < -0.3 is 15.2 Å². The summed E-state index contributed by atoms with van der Waals surface area (Å²) in [5, 5.41) is 12.3. The molecule has 1 amide bonds. The standard InChI is InChI=1S/C16H15Br2NO3/c1-9(20)10-3-5-12(6-4-10)19-16(21)13-7-11(17)8-14(18)15(13)22-2/h3-9,20H,1-2H3,(H,19,21)/t9-/m1/s1. The fraction of sp³-hybridized carbons (Fsp3) is 0.188. The van der Waals surface area contributed by atoms with Crippen molar-refractivity contribution in [3.63, 3.8) is 0 Å². The summed E-state index contributed by atoms with van der Waals surface area (Å²) < 4.78 is 6.75. The van der Waals surface area contributed by atoms with Crippen LogP contribution < -0.4 is 10.1 Å². The second kappa shape index (κ2) is 7.26. The van der Waals surface area contributed by atoms with Gasteiger partial charge in [0.05, 0.1) is 23.2 Å². The van der Waals surface area contributed by atoms with Gasteiger partial charge >= 0.3 is 0 Å². The maximum Gasteiger partial charge on any atom is 0.259 e. The van der Waals surface area contributed by atoms with Crippen LogP contribution in [-0.2, 0) is 0 Å². The number of rotatable bonds is 4. The van der Waals surface area contributed by atoms with Crippen molar-refractivity contribution >= 4 is 43.5 Å². The summed E-state index contributed by atoms with van der Waals surface area (Å²) in [6.45, 7) is 1.69. The van der Waals surface area contributed by atoms with Gasteiger partial charge in [-0.2, -0.15) is 0 Å². The average molecular weight is 429 g/mol. The zero-order chi connectivity index (χ0) is 16.3. The molecule has 0 aromatic heterocycles. The summed E-state index contributed by atoms with van der Waals surface area (Å²) >= 11 is 6.74. The van der Waals surface area contributed by atoms with E-state index in [1.165, 1.54) is 7.11 Å². The number of benzene rings is 2. The molecule has 2 rings (SSSR count). The highest BCUT2D eigenvalue weighted by Crippen LogP contribution is 2.33. The Bertz CT molecular complexity index is 685. The van der Waals surface area contributed by atoms with Crippen molar-refractivity contribution in [1.82, 2.24) is 0 Å². The monoisotopic (exact) mass is 427 g/mol. The molecule has 2 aromatic carbocycles. The van der Waals surface area contributed by atoms with E-state index in [2.05, 4.69) is 37.2 Å². The SMILES string of the molecule is COc1c(Br)cc(Br)cc1C(=O)Nc1ccc([C@@H](C)O)cc1. The quantitative estimate of drug-likeness (QED) is 0.752. The lowest BCUT2D eigenvalue weighted by Gasteiger charge is -2.12. The van der Waals surface area contributed by atoms with Gasteiger partial charge in [0.15, 0.2) is 0 Å². The molecule has 0 aliphatic rings. The molecule has 0 fully saturated rings. The molecular formula is C16H15Br2NO3. The van der Waals surface area contributed by atoms with Gasteiger partial charge in [0.2, 0.25) is 0 Å². The molecule has 0 saturated heterocycles. The zero-order valence-corrected chi connectivity index (χ0v) is 15.2. The topological polar surface area (TPSA) is 58.6 Å². The Morgan fingerprint density at radius 1 is 1.23 bits per heavy atom. The number of carbonyl (C=O) groups excluding carboxylic acids is 1. The van der Waals surface area contributed by atoms with Gasteiger partial charge in [0.1, 0.15) is 5.75 Å². The molecule has 0 saturated carbocycles. The Hall–Kier alpha value is -1.37. The van der Waals surface area contributed by atoms with E-state index in [9.17, 15) is 9.90 Å². The first-order chi connectivity index (χ1) is 10.4. The summed E-state index contributed by atoms with van der Waals surface area (Å²) in [6, 6.07) is 10.6. The maximum atomic E-state index is 12.4. The van der Waals surface area contributed by atoms with E-state index in [1.807, 2.05) is 6.07 Å². The Morgan fingerprint density at radius 2 is 1.86 bits per heavy atom. The highest BCUT2D eigenvalue weighted by Gasteiger charge is 2.16. The van der Waals surface area contributed by atoms with Crippen LogP contribution in [0.3, 0.4) is 0 Å². The van der Waals surface area contributed by atoms with Crippen LogP contribution in [0.1, 0.15) is 28.9 Å². The molecule has 0 radical (unpaired) electrons. The lowest BCUT2D eigenvalue weighted by Crippen LogP contribution is -2.13. The Morgan fingerprint density at radius 3 is 2.41 bits per heavy atom. The molecule has 4 nitrogen and oxygen atoms in total. The number of ether oxygens (including phenoxy) is 1. The number of hydrogen-bond acceptors (Lipinski definition) is 3. The van der Waals surface area contributed by atoms with Crippen LogP contribution in [0, 0.1) is 0 Å². The highest BCUT2D eigenvalue weighted by molar-refractivity contribution is 9.11. The van der Waals surface area contributed by atoms with Crippen molar-refractivity contribution in [2.75, 3.05) is 12.4 Å². The van der Waals surface area contributed by atoms with Gasteiger partial charge in [-0.15, -0.1) is 0 Å². The first-order valence-electron chi connectivity index (χ1n) is 6.54. The van der Waals surface area contributed by atoms with Gasteiger partial charge in [-0.3, -0.25) is 4.79 Å². The molecule has 0 heterocycles. The van der Waals surface area contributed by atoms with Gasteiger partial charge in [0.25, 0.3) is 5.91 Å². The number of amides is 1. The first-order valence-corrected chi connectivity index (χ1v) is 8.13. The van der Waals surface area contributed by atoms with Gasteiger partial charge in [-0.1, -0.05) is 28.1 Å². The van der Waals surface area contributed by atoms with Crippen molar-refractivity contribution in [2.24, 2.45) is 0 Å². The molecule has 0 spiro atoms. The molecular weight excluding hydrogens is 414 g/mol. The Kier molecular flexibility index (Phi) is 5.61. The van der Waals surface area contributed by atoms with Crippen LogP contribution in [0.2, 0.25) is 0 Å². The third-order valence-electron chi connectivity index (χ3n) is 3.11. The van der Waals surface area contributed by atoms with E-state index in [4.69, 9.17) is 4.74 Å². The van der Waals surface area contributed by atoms with Crippen LogP contribution in [0.5, 0.6) is 5.75 Å². The van der Waals surface area contributed by atoms with Crippen LogP contribution in [0.25, 0.3) is 0 Å². The number of halogens is 2. The minimum atomic E-state index is -0.536. The lowest BCUT2D eigenvalue weighted by molar-refractivity contribution is 0.102. The van der Waals surface area contributed by atoms with E-state index < -0.39 is 6.10 Å². The van der Waals surface area contributed by atoms with Gasteiger partial charge in [-0.05, 0) is 52.7 Å². The maximum absolute atomic E-state index is 12.4.